The van der Waals surface area contributed by atoms with Crippen molar-refractivity contribution < 1.29 is 19.8 Å². The third-order valence-corrected chi connectivity index (χ3v) is 6.61. The minimum absolute atomic E-state index is 0.0000582. The van der Waals surface area contributed by atoms with Crippen molar-refractivity contribution >= 4 is 45.9 Å². The fourth-order valence-electron chi connectivity index (χ4n) is 4.09. The molecular formula is C24H23Cl2N3O4. The quantitative estimate of drug-likeness (QED) is 0.473. The number of halogens is 2. The molecule has 1 aliphatic rings. The van der Waals surface area contributed by atoms with Crippen LogP contribution in [0, 0.1) is 0 Å². The first-order valence-electron chi connectivity index (χ1n) is 10.4. The van der Waals surface area contributed by atoms with E-state index in [9.17, 15) is 19.8 Å². The number of likely N-dealkylation sites (N-methyl/N-ethyl adjacent to an activating group) is 1. The van der Waals surface area contributed by atoms with Crippen molar-refractivity contribution in [1.29, 1.82) is 0 Å². The Kier molecular flexibility index (Phi) is 6.65. The summed E-state index contributed by atoms with van der Waals surface area (Å²) in [4.78, 5) is 31.7. The molecule has 0 saturated heterocycles. The van der Waals surface area contributed by atoms with Crippen molar-refractivity contribution in [2.45, 2.75) is 19.0 Å². The van der Waals surface area contributed by atoms with Gasteiger partial charge in [-0.25, -0.2) is 0 Å². The number of fused-ring (bicyclic) bond motifs is 1. The number of hydrogen-bond donors (Lipinski definition) is 3. The van der Waals surface area contributed by atoms with Gasteiger partial charge in [0.05, 0.1) is 34.8 Å². The van der Waals surface area contributed by atoms with Crippen molar-refractivity contribution in [3.8, 4) is 0 Å². The highest BCUT2D eigenvalue weighted by molar-refractivity contribution is 6.42. The van der Waals surface area contributed by atoms with E-state index in [4.69, 9.17) is 23.2 Å². The molecule has 2 amide bonds. The van der Waals surface area contributed by atoms with Crippen molar-refractivity contribution in [3.63, 3.8) is 0 Å². The summed E-state index contributed by atoms with van der Waals surface area (Å²) in [5.41, 5.74) is 2.65. The summed E-state index contributed by atoms with van der Waals surface area (Å²) in [7, 11) is 1.58. The number of hydrogen-bond acceptors (Lipinski definition) is 4. The fourth-order valence-corrected chi connectivity index (χ4v) is 4.41. The van der Waals surface area contributed by atoms with E-state index in [-0.39, 0.29) is 25.3 Å². The lowest BCUT2D eigenvalue weighted by atomic mass is 10.0. The maximum atomic E-state index is 13.0. The van der Waals surface area contributed by atoms with Gasteiger partial charge in [0.1, 0.15) is 0 Å². The van der Waals surface area contributed by atoms with Crippen molar-refractivity contribution in [2.75, 3.05) is 20.2 Å². The van der Waals surface area contributed by atoms with Gasteiger partial charge in [-0.15, -0.1) is 0 Å². The lowest BCUT2D eigenvalue weighted by Crippen LogP contribution is -2.42. The Balaban J connectivity index is 1.48. The second-order valence-electron chi connectivity index (χ2n) is 8.07. The molecule has 0 fully saturated rings. The Morgan fingerprint density at radius 3 is 2.70 bits per heavy atom. The summed E-state index contributed by atoms with van der Waals surface area (Å²) in [5.74, 6) is -1.73. The van der Waals surface area contributed by atoms with Crippen molar-refractivity contribution in [2.24, 2.45) is 0 Å². The Morgan fingerprint density at radius 2 is 1.97 bits per heavy atom. The SMILES string of the molecule is CN(Cc1ccc(Cl)c(Cl)c1)C(=O)C1=C(O)C(=O)N(C(CO)Cc2c[nH]c3ccccc23)C1. The zero-order valence-electron chi connectivity index (χ0n) is 17.9. The Hall–Kier alpha value is -3.00. The minimum Gasteiger partial charge on any atom is -0.503 e. The lowest BCUT2D eigenvalue weighted by molar-refractivity contribution is -0.130. The molecule has 7 nitrogen and oxygen atoms in total. The molecule has 2 heterocycles. The zero-order chi connectivity index (χ0) is 23.7. The summed E-state index contributed by atoms with van der Waals surface area (Å²) in [6.45, 7) is -0.165. The van der Waals surface area contributed by atoms with Crippen LogP contribution in [-0.2, 0) is 22.6 Å². The Bertz CT molecular complexity index is 1250. The number of benzene rings is 2. The fraction of sp³-hybridized carbons (Fsp3) is 0.250. The molecule has 0 saturated carbocycles. The summed E-state index contributed by atoms with van der Waals surface area (Å²) < 4.78 is 0. The summed E-state index contributed by atoms with van der Waals surface area (Å²) in [6, 6.07) is 12.2. The first kappa shape index (κ1) is 23.2. The molecule has 3 aromatic rings. The first-order valence-corrected chi connectivity index (χ1v) is 11.1. The van der Waals surface area contributed by atoms with Crippen LogP contribution >= 0.6 is 23.2 Å². The molecule has 2 aromatic carbocycles. The molecule has 33 heavy (non-hydrogen) atoms. The Morgan fingerprint density at radius 1 is 1.21 bits per heavy atom. The van der Waals surface area contributed by atoms with E-state index in [1.165, 1.54) is 9.80 Å². The number of aliphatic hydroxyl groups is 2. The number of carbonyl (C=O) groups excluding carboxylic acids is 2. The number of carbonyl (C=O) groups is 2. The standard InChI is InChI=1S/C24H23Cl2N3O4/c1-28(11-14-6-7-19(25)20(26)8-14)23(32)18-12-29(24(33)22(18)31)16(13-30)9-15-10-27-21-5-3-2-4-17(15)21/h2-8,10,16,27,30-31H,9,11-13H2,1H3. The zero-order valence-corrected chi connectivity index (χ0v) is 19.4. The molecule has 4 rings (SSSR count). The number of rotatable bonds is 7. The lowest BCUT2D eigenvalue weighted by Gasteiger charge is -2.26. The number of nitrogens with zero attached hydrogens (tertiary/aromatic N) is 2. The largest absolute Gasteiger partial charge is 0.503 e. The number of aromatic nitrogens is 1. The van der Waals surface area contributed by atoms with Gasteiger partial charge in [0.15, 0.2) is 5.76 Å². The molecule has 0 bridgehead atoms. The highest BCUT2D eigenvalue weighted by Crippen LogP contribution is 2.27. The van der Waals surface area contributed by atoms with Gasteiger partial charge in [-0.3, -0.25) is 9.59 Å². The van der Waals surface area contributed by atoms with Crippen molar-refractivity contribution in [3.05, 3.63) is 81.2 Å². The van der Waals surface area contributed by atoms with Crippen molar-refractivity contribution in [1.82, 2.24) is 14.8 Å². The molecule has 3 N–H and O–H groups in total. The van der Waals surface area contributed by atoms with E-state index in [1.807, 2.05) is 30.5 Å². The van der Waals surface area contributed by atoms with Crippen LogP contribution in [0.2, 0.25) is 10.0 Å². The van der Waals surface area contributed by atoms with E-state index >= 15 is 0 Å². The number of aromatic amines is 1. The van der Waals surface area contributed by atoms with Crippen LogP contribution in [0.15, 0.2) is 60.0 Å². The van der Waals surface area contributed by atoms with Crippen LogP contribution in [0.25, 0.3) is 10.9 Å². The van der Waals surface area contributed by atoms with Crippen LogP contribution in [-0.4, -0.2) is 63.1 Å². The van der Waals surface area contributed by atoms with Crippen LogP contribution in [0.4, 0.5) is 0 Å². The average Bonchev–Trinajstić information content (AvgIpc) is 3.35. The molecular weight excluding hydrogens is 465 g/mol. The molecule has 172 valence electrons. The van der Waals surface area contributed by atoms with E-state index in [2.05, 4.69) is 4.98 Å². The molecule has 9 heteroatoms. The molecule has 0 aliphatic carbocycles. The number of amides is 2. The van der Waals surface area contributed by atoms with Crippen LogP contribution in [0.1, 0.15) is 11.1 Å². The second kappa shape index (κ2) is 9.47. The smallest absolute Gasteiger partial charge is 0.289 e. The number of para-hydroxylation sites is 1. The van der Waals surface area contributed by atoms with Gasteiger partial charge >= 0.3 is 0 Å². The van der Waals surface area contributed by atoms with E-state index in [1.54, 1.807) is 25.2 Å². The summed E-state index contributed by atoms with van der Waals surface area (Å²) >= 11 is 12.0. The van der Waals surface area contributed by atoms with Gasteiger partial charge in [0.2, 0.25) is 0 Å². The van der Waals surface area contributed by atoms with Gasteiger partial charge < -0.3 is 25.0 Å². The molecule has 1 unspecified atom stereocenters. The third-order valence-electron chi connectivity index (χ3n) is 5.87. The predicted molar refractivity (Wildman–Crippen MR) is 127 cm³/mol. The first-order chi connectivity index (χ1) is 15.8. The van der Waals surface area contributed by atoms with Gasteiger partial charge in [0.25, 0.3) is 11.8 Å². The molecule has 0 spiro atoms. The molecule has 1 aliphatic heterocycles. The maximum absolute atomic E-state index is 13.0. The molecule has 1 aromatic heterocycles. The number of aliphatic hydroxyl groups excluding tert-OH is 2. The minimum atomic E-state index is -0.667. The highest BCUT2D eigenvalue weighted by Gasteiger charge is 2.38. The van der Waals surface area contributed by atoms with E-state index in [0.29, 0.717) is 16.5 Å². The van der Waals surface area contributed by atoms with Crippen LogP contribution in [0.3, 0.4) is 0 Å². The molecule has 1 atom stereocenters. The van der Waals surface area contributed by atoms with Gasteiger partial charge in [0, 0.05) is 30.7 Å². The van der Waals surface area contributed by atoms with Gasteiger partial charge in [-0.05, 0) is 35.7 Å². The second-order valence-corrected chi connectivity index (χ2v) is 8.88. The highest BCUT2D eigenvalue weighted by atomic mass is 35.5. The number of H-pyrrole nitrogens is 1. The van der Waals surface area contributed by atoms with E-state index in [0.717, 1.165) is 22.0 Å². The van der Waals surface area contributed by atoms with Crippen LogP contribution in [0.5, 0.6) is 0 Å². The summed E-state index contributed by atoms with van der Waals surface area (Å²) in [5, 5.41) is 22.3. The maximum Gasteiger partial charge on any atom is 0.289 e. The van der Waals surface area contributed by atoms with Crippen LogP contribution < -0.4 is 0 Å². The summed E-state index contributed by atoms with van der Waals surface area (Å²) in [6.07, 6.45) is 2.22. The topological polar surface area (TPSA) is 96.9 Å². The molecule has 0 radical (unpaired) electrons. The monoisotopic (exact) mass is 487 g/mol. The third kappa shape index (κ3) is 4.57. The predicted octanol–water partition coefficient (Wildman–Crippen LogP) is 3.69. The average molecular weight is 488 g/mol. The number of nitrogens with one attached hydrogen (secondary N) is 1. The van der Waals surface area contributed by atoms with Gasteiger partial charge in [-0.2, -0.15) is 0 Å². The Labute approximate surface area is 200 Å². The normalized spacial score (nSPS) is 14.9. The van der Waals surface area contributed by atoms with E-state index < -0.39 is 23.6 Å². The van der Waals surface area contributed by atoms with Gasteiger partial charge in [-0.1, -0.05) is 47.5 Å².